The molecule has 1 heterocycles. The van der Waals surface area contributed by atoms with E-state index in [0.717, 1.165) is 18.8 Å². The number of aromatic nitrogens is 2. The Balaban J connectivity index is 2.14. The predicted molar refractivity (Wildman–Crippen MR) is 74.6 cm³/mol. The summed E-state index contributed by atoms with van der Waals surface area (Å²) in [6.45, 7) is 5.18. The molecule has 0 aliphatic carbocycles. The molecule has 3 heteroatoms. The number of Topliss-reactive ketones (excluding diaryl/α,β-unsaturated/α-hetero) is 1. The highest BCUT2D eigenvalue weighted by Gasteiger charge is 2.07. The molecule has 1 aromatic heterocycles. The molecule has 0 spiro atoms. The molecular weight excluding hydrogens is 224 g/mol. The summed E-state index contributed by atoms with van der Waals surface area (Å²) in [6.07, 6.45) is 12.3. The van der Waals surface area contributed by atoms with Crippen molar-refractivity contribution in [1.82, 2.24) is 9.55 Å². The van der Waals surface area contributed by atoms with Crippen LogP contribution >= 0.6 is 0 Å². The van der Waals surface area contributed by atoms with Crippen LogP contribution in [0.25, 0.3) is 0 Å². The fourth-order valence-electron chi connectivity index (χ4n) is 2.16. The van der Waals surface area contributed by atoms with E-state index in [1.807, 2.05) is 10.8 Å². The Morgan fingerprint density at radius 3 is 2.61 bits per heavy atom. The third-order valence-corrected chi connectivity index (χ3v) is 3.31. The zero-order valence-electron chi connectivity index (χ0n) is 11.8. The number of nitrogens with zero attached hydrogens (tertiary/aromatic N) is 2. The maximum atomic E-state index is 11.8. The molecule has 0 amide bonds. The molecule has 0 aliphatic heterocycles. The van der Waals surface area contributed by atoms with Crippen LogP contribution < -0.4 is 0 Å². The minimum Gasteiger partial charge on any atom is -0.335 e. The lowest BCUT2D eigenvalue weighted by molar-refractivity contribution is -0.118. The number of hydrogen-bond donors (Lipinski definition) is 0. The third-order valence-electron chi connectivity index (χ3n) is 3.31. The van der Waals surface area contributed by atoms with E-state index >= 15 is 0 Å². The lowest BCUT2D eigenvalue weighted by Gasteiger charge is -2.04. The number of imidazole rings is 1. The summed E-state index contributed by atoms with van der Waals surface area (Å²) in [7, 11) is 0. The van der Waals surface area contributed by atoms with E-state index in [0.29, 0.717) is 18.6 Å². The van der Waals surface area contributed by atoms with Gasteiger partial charge in [-0.05, 0) is 13.3 Å². The maximum Gasteiger partial charge on any atom is 0.140 e. The highest BCUT2D eigenvalue weighted by Crippen LogP contribution is 2.09. The number of unbranched alkanes of at least 4 members (excludes halogenated alkanes) is 5. The minimum atomic E-state index is 0.325. The molecule has 0 radical (unpaired) electrons. The van der Waals surface area contributed by atoms with Crippen LogP contribution in [0.5, 0.6) is 0 Å². The van der Waals surface area contributed by atoms with Crippen molar-refractivity contribution in [3.63, 3.8) is 0 Å². The van der Waals surface area contributed by atoms with Gasteiger partial charge in [0.05, 0.1) is 6.42 Å². The van der Waals surface area contributed by atoms with Gasteiger partial charge < -0.3 is 4.57 Å². The van der Waals surface area contributed by atoms with Crippen LogP contribution in [0.3, 0.4) is 0 Å². The number of ketones is 1. The Hall–Kier alpha value is -1.12. The first kappa shape index (κ1) is 14.9. The fraction of sp³-hybridized carbons (Fsp3) is 0.733. The topological polar surface area (TPSA) is 34.9 Å². The van der Waals surface area contributed by atoms with Crippen LogP contribution in [0.2, 0.25) is 0 Å². The van der Waals surface area contributed by atoms with Gasteiger partial charge in [-0.15, -0.1) is 0 Å². The van der Waals surface area contributed by atoms with E-state index in [9.17, 15) is 4.79 Å². The van der Waals surface area contributed by atoms with Crippen LogP contribution in [-0.2, 0) is 17.8 Å². The Kier molecular flexibility index (Phi) is 7.38. The molecule has 0 saturated carbocycles. The summed E-state index contributed by atoms with van der Waals surface area (Å²) in [5, 5.41) is 0. The smallest absolute Gasteiger partial charge is 0.140 e. The Bertz CT molecular complexity index is 344. The zero-order chi connectivity index (χ0) is 13.2. The Labute approximate surface area is 111 Å². The molecule has 0 atom stereocenters. The second-order valence-electron chi connectivity index (χ2n) is 4.86. The lowest BCUT2D eigenvalue weighted by atomic mass is 10.1. The van der Waals surface area contributed by atoms with Crippen LogP contribution in [0.4, 0.5) is 0 Å². The predicted octanol–water partition coefficient (Wildman–Crippen LogP) is 3.77. The SMILES string of the molecule is CCCCCCCCC(=O)Cc1nccn1CC. The van der Waals surface area contributed by atoms with Gasteiger partial charge in [-0.2, -0.15) is 0 Å². The quantitative estimate of drug-likeness (QED) is 0.592. The molecule has 0 bridgehead atoms. The molecule has 1 rings (SSSR count). The Morgan fingerprint density at radius 2 is 1.89 bits per heavy atom. The summed E-state index contributed by atoms with van der Waals surface area (Å²) in [4.78, 5) is 16.1. The Morgan fingerprint density at radius 1 is 1.17 bits per heavy atom. The van der Waals surface area contributed by atoms with Crippen LogP contribution in [0, 0.1) is 0 Å². The molecule has 1 aromatic rings. The molecule has 0 aliphatic rings. The number of rotatable bonds is 10. The van der Waals surface area contributed by atoms with E-state index < -0.39 is 0 Å². The van der Waals surface area contributed by atoms with Gasteiger partial charge in [0, 0.05) is 25.4 Å². The largest absolute Gasteiger partial charge is 0.335 e. The standard InChI is InChI=1S/C15H26N2O/c1-3-5-6-7-8-9-10-14(18)13-15-16-11-12-17(15)4-2/h11-12H,3-10,13H2,1-2H3. The zero-order valence-corrected chi connectivity index (χ0v) is 11.8. The summed E-state index contributed by atoms with van der Waals surface area (Å²) in [6, 6.07) is 0. The van der Waals surface area contributed by atoms with Gasteiger partial charge in [0.1, 0.15) is 11.6 Å². The average molecular weight is 250 g/mol. The van der Waals surface area contributed by atoms with Crippen molar-refractivity contribution in [1.29, 1.82) is 0 Å². The summed E-state index contributed by atoms with van der Waals surface area (Å²) in [5.41, 5.74) is 0. The molecule has 18 heavy (non-hydrogen) atoms. The lowest BCUT2D eigenvalue weighted by Crippen LogP contribution is -2.09. The van der Waals surface area contributed by atoms with Crippen LogP contribution in [0.15, 0.2) is 12.4 Å². The number of aryl methyl sites for hydroxylation is 1. The molecule has 3 nitrogen and oxygen atoms in total. The first-order chi connectivity index (χ1) is 8.77. The van der Waals surface area contributed by atoms with Gasteiger partial charge in [-0.3, -0.25) is 4.79 Å². The van der Waals surface area contributed by atoms with Crippen molar-refractivity contribution in [2.24, 2.45) is 0 Å². The van der Waals surface area contributed by atoms with Gasteiger partial charge in [-0.25, -0.2) is 4.98 Å². The van der Waals surface area contributed by atoms with Gasteiger partial charge in [0.25, 0.3) is 0 Å². The highest BCUT2D eigenvalue weighted by atomic mass is 16.1. The van der Waals surface area contributed by atoms with Crippen molar-refractivity contribution in [3.8, 4) is 0 Å². The monoisotopic (exact) mass is 250 g/mol. The van der Waals surface area contributed by atoms with E-state index in [2.05, 4.69) is 18.8 Å². The van der Waals surface area contributed by atoms with Crippen LogP contribution in [-0.4, -0.2) is 15.3 Å². The molecule has 102 valence electrons. The van der Waals surface area contributed by atoms with Gasteiger partial charge in [0.2, 0.25) is 0 Å². The summed E-state index contributed by atoms with van der Waals surface area (Å²) >= 11 is 0. The van der Waals surface area contributed by atoms with Gasteiger partial charge >= 0.3 is 0 Å². The number of carbonyl (C=O) groups excluding carboxylic acids is 1. The van der Waals surface area contributed by atoms with Crippen molar-refractivity contribution in [2.45, 2.75) is 71.8 Å². The first-order valence-electron chi connectivity index (χ1n) is 7.29. The summed E-state index contributed by atoms with van der Waals surface area (Å²) < 4.78 is 2.04. The van der Waals surface area contributed by atoms with Gasteiger partial charge in [0.15, 0.2) is 0 Å². The second kappa shape index (κ2) is 8.90. The highest BCUT2D eigenvalue weighted by molar-refractivity contribution is 5.80. The van der Waals surface area contributed by atoms with Gasteiger partial charge in [-0.1, -0.05) is 39.0 Å². The normalized spacial score (nSPS) is 10.8. The van der Waals surface area contributed by atoms with E-state index in [1.54, 1.807) is 6.20 Å². The van der Waals surface area contributed by atoms with E-state index in [-0.39, 0.29) is 0 Å². The molecule has 0 aromatic carbocycles. The number of carbonyl (C=O) groups is 1. The number of hydrogen-bond acceptors (Lipinski definition) is 2. The van der Waals surface area contributed by atoms with E-state index in [1.165, 1.54) is 32.1 Å². The van der Waals surface area contributed by atoms with Crippen LogP contribution in [0.1, 0.15) is 64.6 Å². The van der Waals surface area contributed by atoms with Crippen molar-refractivity contribution in [3.05, 3.63) is 18.2 Å². The van der Waals surface area contributed by atoms with Crippen molar-refractivity contribution >= 4 is 5.78 Å². The summed E-state index contributed by atoms with van der Waals surface area (Å²) in [5.74, 6) is 1.24. The molecular formula is C15H26N2O. The molecule has 0 fully saturated rings. The molecule has 0 unspecified atom stereocenters. The first-order valence-corrected chi connectivity index (χ1v) is 7.29. The van der Waals surface area contributed by atoms with Crippen molar-refractivity contribution < 1.29 is 4.79 Å². The fourth-order valence-corrected chi connectivity index (χ4v) is 2.16. The molecule has 0 saturated heterocycles. The second-order valence-corrected chi connectivity index (χ2v) is 4.86. The third kappa shape index (κ3) is 5.48. The van der Waals surface area contributed by atoms with E-state index in [4.69, 9.17) is 0 Å². The minimum absolute atomic E-state index is 0.325. The van der Waals surface area contributed by atoms with Crippen molar-refractivity contribution in [2.75, 3.05) is 0 Å². The molecule has 0 N–H and O–H groups in total. The maximum absolute atomic E-state index is 11.8. The average Bonchev–Trinajstić information content (AvgIpc) is 2.80.